The Bertz CT molecular complexity index is 256. The molecule has 0 aromatic heterocycles. The predicted octanol–water partition coefficient (Wildman–Crippen LogP) is 0.550. The molecule has 0 bridgehead atoms. The zero-order valence-corrected chi connectivity index (χ0v) is 11.0. The number of likely N-dealkylation sites (N-methyl/N-ethyl adjacent to an activating group) is 1. The first-order valence-corrected chi connectivity index (χ1v) is 6.39. The first-order chi connectivity index (χ1) is 8.06. The number of hydrogen-bond donors (Lipinski definition) is 2. The number of hydrogen-bond acceptors (Lipinski definition) is 4. The molecule has 0 spiro atoms. The molecule has 0 aromatic carbocycles. The van der Waals surface area contributed by atoms with Gasteiger partial charge in [0.15, 0.2) is 0 Å². The lowest BCUT2D eigenvalue weighted by Crippen LogP contribution is -2.58. The van der Waals surface area contributed by atoms with Crippen molar-refractivity contribution in [1.82, 2.24) is 10.2 Å². The largest absolute Gasteiger partial charge is 0.480 e. The van der Waals surface area contributed by atoms with E-state index in [1.165, 1.54) is 0 Å². The van der Waals surface area contributed by atoms with Gasteiger partial charge in [-0.3, -0.25) is 10.1 Å². The highest BCUT2D eigenvalue weighted by atomic mass is 16.5. The molecular weight excluding hydrogens is 220 g/mol. The minimum atomic E-state index is -0.896. The van der Waals surface area contributed by atoms with Crippen molar-refractivity contribution < 1.29 is 14.6 Å². The van der Waals surface area contributed by atoms with Crippen LogP contribution in [0.2, 0.25) is 0 Å². The van der Waals surface area contributed by atoms with Crippen LogP contribution in [0, 0.1) is 0 Å². The van der Waals surface area contributed by atoms with E-state index in [1.54, 1.807) is 0 Å². The number of carbonyl (C=O) groups is 1. The van der Waals surface area contributed by atoms with E-state index in [2.05, 4.69) is 24.1 Å². The fraction of sp³-hybridized carbons (Fsp3) is 0.917. The first-order valence-electron chi connectivity index (χ1n) is 6.39. The molecule has 0 radical (unpaired) electrons. The van der Waals surface area contributed by atoms with Gasteiger partial charge in [-0.15, -0.1) is 0 Å². The molecule has 1 fully saturated rings. The highest BCUT2D eigenvalue weighted by Crippen LogP contribution is 2.25. The third-order valence-electron chi connectivity index (χ3n) is 3.70. The lowest BCUT2D eigenvalue weighted by atomic mass is 9.92. The highest BCUT2D eigenvalue weighted by molar-refractivity contribution is 5.80. The summed E-state index contributed by atoms with van der Waals surface area (Å²) in [6.45, 7) is 10.1. The molecule has 0 amide bonds. The van der Waals surface area contributed by atoms with Crippen molar-refractivity contribution >= 4 is 5.97 Å². The molecule has 0 aromatic rings. The molecule has 2 atom stereocenters. The van der Waals surface area contributed by atoms with Crippen LogP contribution in [0.25, 0.3) is 0 Å². The summed E-state index contributed by atoms with van der Waals surface area (Å²) in [7, 11) is 0. The van der Waals surface area contributed by atoms with E-state index < -0.39 is 11.5 Å². The minimum absolute atomic E-state index is 0.267. The highest BCUT2D eigenvalue weighted by Gasteiger charge is 2.47. The van der Waals surface area contributed by atoms with Crippen molar-refractivity contribution in [3.05, 3.63) is 0 Å². The van der Waals surface area contributed by atoms with E-state index in [-0.39, 0.29) is 6.10 Å². The van der Waals surface area contributed by atoms with Crippen molar-refractivity contribution in [2.24, 2.45) is 0 Å². The fourth-order valence-electron chi connectivity index (χ4n) is 2.31. The summed E-state index contributed by atoms with van der Waals surface area (Å²) in [6.07, 6.45) is 0.276. The number of nitrogens with zero attached hydrogens (tertiary/aromatic N) is 1. The number of nitrogens with one attached hydrogen (secondary N) is 1. The zero-order valence-electron chi connectivity index (χ0n) is 11.0. The van der Waals surface area contributed by atoms with Crippen molar-refractivity contribution in [1.29, 1.82) is 0 Å². The van der Waals surface area contributed by atoms with Gasteiger partial charge < -0.3 is 14.7 Å². The van der Waals surface area contributed by atoms with Crippen molar-refractivity contribution in [3.8, 4) is 0 Å². The Morgan fingerprint density at radius 3 is 2.59 bits per heavy atom. The van der Waals surface area contributed by atoms with E-state index in [4.69, 9.17) is 4.74 Å². The van der Waals surface area contributed by atoms with Gasteiger partial charge in [-0.2, -0.15) is 0 Å². The van der Waals surface area contributed by atoms with E-state index in [9.17, 15) is 9.90 Å². The van der Waals surface area contributed by atoms with Crippen LogP contribution in [0.15, 0.2) is 0 Å². The molecule has 1 rings (SSSR count). The molecule has 1 heterocycles. The molecule has 0 aliphatic carbocycles. The quantitative estimate of drug-likeness (QED) is 0.685. The van der Waals surface area contributed by atoms with Gasteiger partial charge in [0, 0.05) is 26.1 Å². The molecular formula is C12H24N2O3. The summed E-state index contributed by atoms with van der Waals surface area (Å²) in [5.74, 6) is -0.804. The lowest BCUT2D eigenvalue weighted by Gasteiger charge is -2.30. The Morgan fingerprint density at radius 1 is 1.53 bits per heavy atom. The third-order valence-corrected chi connectivity index (χ3v) is 3.70. The van der Waals surface area contributed by atoms with E-state index in [0.717, 1.165) is 19.6 Å². The monoisotopic (exact) mass is 244 g/mol. The molecule has 5 nitrogen and oxygen atoms in total. The van der Waals surface area contributed by atoms with Crippen LogP contribution in [0.3, 0.4) is 0 Å². The Morgan fingerprint density at radius 2 is 2.18 bits per heavy atom. The van der Waals surface area contributed by atoms with Crippen LogP contribution in [0.1, 0.15) is 27.2 Å². The molecule has 1 aliphatic heterocycles. The van der Waals surface area contributed by atoms with Crippen molar-refractivity contribution in [2.75, 3.05) is 32.8 Å². The summed E-state index contributed by atoms with van der Waals surface area (Å²) in [5, 5.41) is 12.5. The maximum absolute atomic E-state index is 11.4. The first kappa shape index (κ1) is 14.4. The summed E-state index contributed by atoms with van der Waals surface area (Å²) < 4.78 is 5.38. The summed E-state index contributed by atoms with van der Waals surface area (Å²) in [6, 6.07) is 0. The van der Waals surface area contributed by atoms with Crippen LogP contribution in [0.5, 0.6) is 0 Å². The Balaban J connectivity index is 2.49. The van der Waals surface area contributed by atoms with Gasteiger partial charge in [-0.05, 0) is 20.0 Å². The second-order valence-electron chi connectivity index (χ2n) is 4.49. The third kappa shape index (κ3) is 3.18. The van der Waals surface area contributed by atoms with Crippen LogP contribution < -0.4 is 5.32 Å². The van der Waals surface area contributed by atoms with Gasteiger partial charge in [0.1, 0.15) is 5.54 Å². The van der Waals surface area contributed by atoms with Crippen LogP contribution in [0.4, 0.5) is 0 Å². The average Bonchev–Trinajstić information content (AvgIpc) is 2.67. The van der Waals surface area contributed by atoms with Crippen LogP contribution in [-0.4, -0.2) is 60.4 Å². The normalized spacial score (nSPS) is 28.8. The second kappa shape index (κ2) is 6.33. The number of aliphatic carboxylic acids is 1. The molecule has 1 saturated heterocycles. The Labute approximate surface area is 103 Å². The standard InChI is InChI=1S/C12H24N2O3/c1-4-14(5-2)8-7-13-12(11(15)16)6-9-17-10(12)3/h10,13H,4-9H2,1-3H3,(H,15,16). The average molecular weight is 244 g/mol. The van der Waals surface area contributed by atoms with Gasteiger partial charge in [0.05, 0.1) is 6.10 Å². The minimum Gasteiger partial charge on any atom is -0.480 e. The maximum Gasteiger partial charge on any atom is 0.326 e. The molecule has 2 unspecified atom stereocenters. The van der Waals surface area contributed by atoms with E-state index >= 15 is 0 Å². The SMILES string of the molecule is CCN(CC)CCNC1(C(=O)O)CCOC1C. The van der Waals surface area contributed by atoms with Gasteiger partial charge in [0.2, 0.25) is 0 Å². The number of carboxylic acids is 1. The summed E-state index contributed by atoms with van der Waals surface area (Å²) in [4.78, 5) is 13.7. The number of rotatable bonds is 7. The number of ether oxygens (including phenoxy) is 1. The van der Waals surface area contributed by atoms with Gasteiger partial charge in [0.25, 0.3) is 0 Å². The molecule has 2 N–H and O–H groups in total. The second-order valence-corrected chi connectivity index (χ2v) is 4.49. The summed E-state index contributed by atoms with van der Waals surface area (Å²) >= 11 is 0. The molecule has 5 heteroatoms. The molecule has 17 heavy (non-hydrogen) atoms. The fourth-order valence-corrected chi connectivity index (χ4v) is 2.31. The Hall–Kier alpha value is -0.650. The Kier molecular flexibility index (Phi) is 5.36. The van der Waals surface area contributed by atoms with Crippen LogP contribution in [-0.2, 0) is 9.53 Å². The topological polar surface area (TPSA) is 61.8 Å². The number of carboxylic acid groups (broad SMARTS) is 1. The van der Waals surface area contributed by atoms with Gasteiger partial charge >= 0.3 is 5.97 Å². The van der Waals surface area contributed by atoms with Crippen molar-refractivity contribution in [3.63, 3.8) is 0 Å². The maximum atomic E-state index is 11.4. The van der Waals surface area contributed by atoms with Crippen molar-refractivity contribution in [2.45, 2.75) is 38.8 Å². The lowest BCUT2D eigenvalue weighted by molar-refractivity contribution is -0.147. The smallest absolute Gasteiger partial charge is 0.326 e. The van der Waals surface area contributed by atoms with Crippen LogP contribution >= 0.6 is 0 Å². The predicted molar refractivity (Wildman–Crippen MR) is 66.2 cm³/mol. The molecule has 0 saturated carbocycles. The van der Waals surface area contributed by atoms with Gasteiger partial charge in [-0.1, -0.05) is 13.8 Å². The van der Waals surface area contributed by atoms with E-state index in [1.807, 2.05) is 6.92 Å². The molecule has 100 valence electrons. The zero-order chi connectivity index (χ0) is 12.9. The summed E-state index contributed by atoms with van der Waals surface area (Å²) in [5.41, 5.74) is -0.896. The van der Waals surface area contributed by atoms with Gasteiger partial charge in [-0.25, -0.2) is 0 Å². The van der Waals surface area contributed by atoms with E-state index in [0.29, 0.717) is 19.6 Å². The molecule has 1 aliphatic rings.